The molecule has 0 saturated carbocycles. The third kappa shape index (κ3) is 5.94. The molecule has 0 aromatic heterocycles. The molecule has 2 heterocycles. The monoisotopic (exact) mass is 505 g/mol. The second-order valence-electron chi connectivity index (χ2n) is 9.47. The molecule has 0 bridgehead atoms. The molecular weight excluding hydrogens is 474 g/mol. The number of nitro benzene ring substituents is 1. The molecule has 4 rings (SSSR count). The minimum atomic E-state index is -0.913. The van der Waals surface area contributed by atoms with Crippen molar-refractivity contribution in [3.8, 4) is 0 Å². The van der Waals surface area contributed by atoms with E-state index in [4.69, 9.17) is 9.47 Å². The zero-order chi connectivity index (χ0) is 26.5. The molecule has 1 fully saturated rings. The Labute approximate surface area is 215 Å². The Bertz CT molecular complexity index is 1240. The van der Waals surface area contributed by atoms with Gasteiger partial charge in [-0.2, -0.15) is 0 Å². The van der Waals surface area contributed by atoms with Crippen LogP contribution in [0.25, 0.3) is 0 Å². The summed E-state index contributed by atoms with van der Waals surface area (Å²) in [7, 11) is 1.26. The number of allylic oxidation sites excluding steroid dienone is 1. The van der Waals surface area contributed by atoms with Crippen molar-refractivity contribution in [2.24, 2.45) is 10.9 Å². The highest BCUT2D eigenvalue weighted by atomic mass is 16.6. The summed E-state index contributed by atoms with van der Waals surface area (Å²) in [5, 5.41) is 11.5. The number of carbonyl (C=O) groups is 2. The number of piperidine rings is 1. The molecule has 3 atom stereocenters. The lowest BCUT2D eigenvalue weighted by Crippen LogP contribution is -2.43. The molecule has 2 aromatic carbocycles. The second-order valence-corrected chi connectivity index (χ2v) is 9.47. The molecule has 194 valence electrons. The van der Waals surface area contributed by atoms with Gasteiger partial charge in [-0.15, -0.1) is 0 Å². The lowest BCUT2D eigenvalue weighted by atomic mass is 9.75. The van der Waals surface area contributed by atoms with Crippen molar-refractivity contribution in [3.63, 3.8) is 0 Å². The predicted molar refractivity (Wildman–Crippen MR) is 138 cm³/mol. The standard InChI is InChI=1S/C28H31N3O6/c1-18-24(27(32)36-3)26(21-11-7-12-22(15-21)31(34)35)25(19(2)29-18)28(33)37-23-13-8-14-30(17-23)16-20-9-5-4-6-10-20/h4-7,9-12,15,23,25-26H,8,13-14,16-17H2,1-3H3/t23-,25+,26-/m1/s1. The maximum atomic E-state index is 13.7. The summed E-state index contributed by atoms with van der Waals surface area (Å²) in [6.07, 6.45) is 1.32. The van der Waals surface area contributed by atoms with Gasteiger partial charge in [0.15, 0.2) is 0 Å². The highest BCUT2D eigenvalue weighted by Crippen LogP contribution is 2.41. The summed E-state index contributed by atoms with van der Waals surface area (Å²) in [5.74, 6) is -2.86. The molecule has 0 unspecified atom stereocenters. The fraction of sp³-hybridized carbons (Fsp3) is 0.393. The lowest BCUT2D eigenvalue weighted by molar-refractivity contribution is -0.384. The maximum absolute atomic E-state index is 13.7. The largest absolute Gasteiger partial charge is 0.466 e. The zero-order valence-corrected chi connectivity index (χ0v) is 21.3. The van der Waals surface area contributed by atoms with Crippen LogP contribution in [0.4, 0.5) is 5.69 Å². The van der Waals surface area contributed by atoms with Crippen LogP contribution in [0, 0.1) is 16.0 Å². The van der Waals surface area contributed by atoms with Gasteiger partial charge in [0.1, 0.15) is 12.0 Å². The zero-order valence-electron chi connectivity index (χ0n) is 21.3. The molecule has 37 heavy (non-hydrogen) atoms. The molecule has 0 N–H and O–H groups in total. The normalized spacial score (nSPS) is 22.2. The third-order valence-electron chi connectivity index (χ3n) is 6.92. The van der Waals surface area contributed by atoms with Crippen molar-refractivity contribution in [2.45, 2.75) is 45.3 Å². The van der Waals surface area contributed by atoms with Crippen LogP contribution in [0.15, 0.2) is 70.9 Å². The molecule has 2 aliphatic heterocycles. The Hall–Kier alpha value is -3.85. The number of non-ortho nitro benzene ring substituents is 1. The van der Waals surface area contributed by atoms with Crippen LogP contribution >= 0.6 is 0 Å². The van der Waals surface area contributed by atoms with E-state index in [0.29, 0.717) is 23.5 Å². The van der Waals surface area contributed by atoms with Crippen LogP contribution in [0.3, 0.4) is 0 Å². The SMILES string of the molecule is COC(=O)C1=C(C)N=C(C)[C@H](C(=O)O[C@@H]2CCCN(Cc3ccccc3)C2)[C@@H]1c1cccc([N+](=O)[O-])c1. The number of likely N-dealkylation sites (tertiary alicyclic amines) is 1. The highest BCUT2D eigenvalue weighted by Gasteiger charge is 2.43. The number of nitrogens with zero attached hydrogens (tertiary/aromatic N) is 3. The first-order valence-corrected chi connectivity index (χ1v) is 12.3. The Morgan fingerprint density at radius 2 is 1.89 bits per heavy atom. The van der Waals surface area contributed by atoms with E-state index in [-0.39, 0.29) is 17.4 Å². The second kappa shape index (κ2) is 11.5. The van der Waals surface area contributed by atoms with Crippen LogP contribution in [0.1, 0.15) is 43.7 Å². The van der Waals surface area contributed by atoms with E-state index in [9.17, 15) is 19.7 Å². The maximum Gasteiger partial charge on any atom is 0.336 e. The molecule has 2 aromatic rings. The molecule has 0 radical (unpaired) electrons. The van der Waals surface area contributed by atoms with Gasteiger partial charge in [0.2, 0.25) is 0 Å². The average molecular weight is 506 g/mol. The van der Waals surface area contributed by atoms with Crippen molar-refractivity contribution in [1.82, 2.24) is 4.90 Å². The number of aliphatic imine (C=N–C) groups is 1. The molecule has 0 aliphatic carbocycles. The topological polar surface area (TPSA) is 111 Å². The number of ether oxygens (including phenoxy) is 2. The van der Waals surface area contributed by atoms with Crippen LogP contribution < -0.4 is 0 Å². The van der Waals surface area contributed by atoms with Gasteiger partial charge in [-0.05, 0) is 44.4 Å². The number of esters is 2. The van der Waals surface area contributed by atoms with Gasteiger partial charge in [-0.1, -0.05) is 42.5 Å². The van der Waals surface area contributed by atoms with E-state index in [1.165, 1.54) is 24.8 Å². The molecule has 0 spiro atoms. The minimum absolute atomic E-state index is 0.129. The van der Waals surface area contributed by atoms with Crippen LogP contribution in [-0.2, 0) is 25.6 Å². The predicted octanol–water partition coefficient (Wildman–Crippen LogP) is 4.42. The van der Waals surface area contributed by atoms with Gasteiger partial charge >= 0.3 is 11.9 Å². The van der Waals surface area contributed by atoms with Crippen molar-refractivity contribution < 1.29 is 24.0 Å². The average Bonchev–Trinajstić information content (AvgIpc) is 2.88. The summed E-state index contributed by atoms with van der Waals surface area (Å²) >= 11 is 0. The Morgan fingerprint density at radius 3 is 2.59 bits per heavy atom. The summed E-state index contributed by atoms with van der Waals surface area (Å²) in [6, 6.07) is 16.1. The fourth-order valence-electron chi connectivity index (χ4n) is 5.24. The first-order chi connectivity index (χ1) is 17.8. The van der Waals surface area contributed by atoms with E-state index in [1.54, 1.807) is 26.0 Å². The minimum Gasteiger partial charge on any atom is -0.466 e. The van der Waals surface area contributed by atoms with Crippen molar-refractivity contribution in [1.29, 1.82) is 0 Å². The number of nitro groups is 1. The highest BCUT2D eigenvalue weighted by molar-refractivity contribution is 6.07. The molecule has 0 amide bonds. The van der Waals surface area contributed by atoms with Crippen LogP contribution in [-0.4, -0.2) is 53.8 Å². The number of methoxy groups -OCH3 is 1. The van der Waals surface area contributed by atoms with Gasteiger partial charge in [-0.25, -0.2) is 4.79 Å². The van der Waals surface area contributed by atoms with Gasteiger partial charge in [0.25, 0.3) is 5.69 Å². The van der Waals surface area contributed by atoms with Crippen LogP contribution in [0.2, 0.25) is 0 Å². The van der Waals surface area contributed by atoms with E-state index in [2.05, 4.69) is 22.0 Å². The van der Waals surface area contributed by atoms with Crippen LogP contribution in [0.5, 0.6) is 0 Å². The van der Waals surface area contributed by atoms with E-state index < -0.39 is 28.7 Å². The molecular formula is C28H31N3O6. The smallest absolute Gasteiger partial charge is 0.336 e. The van der Waals surface area contributed by atoms with Gasteiger partial charge < -0.3 is 9.47 Å². The number of carbonyl (C=O) groups excluding carboxylic acids is 2. The lowest BCUT2D eigenvalue weighted by Gasteiger charge is -2.35. The summed E-state index contributed by atoms with van der Waals surface area (Å²) in [4.78, 5) is 44.2. The Morgan fingerprint density at radius 1 is 1.14 bits per heavy atom. The Kier molecular flexibility index (Phi) is 8.13. The van der Waals surface area contributed by atoms with E-state index >= 15 is 0 Å². The summed E-state index contributed by atoms with van der Waals surface area (Å²) in [5.41, 5.74) is 2.62. The first kappa shape index (κ1) is 26.2. The number of rotatable bonds is 7. The molecule has 9 heteroatoms. The molecule has 2 aliphatic rings. The summed E-state index contributed by atoms with van der Waals surface area (Å²) < 4.78 is 11.0. The fourth-order valence-corrected chi connectivity index (χ4v) is 5.24. The third-order valence-corrected chi connectivity index (χ3v) is 6.92. The first-order valence-electron chi connectivity index (χ1n) is 12.3. The van der Waals surface area contributed by atoms with Gasteiger partial charge in [0, 0.05) is 42.5 Å². The molecule has 9 nitrogen and oxygen atoms in total. The summed E-state index contributed by atoms with van der Waals surface area (Å²) in [6.45, 7) is 5.67. The quantitative estimate of drug-likeness (QED) is 0.311. The number of benzene rings is 2. The van der Waals surface area contributed by atoms with Gasteiger partial charge in [0.05, 0.1) is 17.6 Å². The number of hydrogen-bond donors (Lipinski definition) is 0. The Balaban J connectivity index is 1.60. The van der Waals surface area contributed by atoms with Crippen molar-refractivity contribution in [3.05, 3.63) is 87.1 Å². The van der Waals surface area contributed by atoms with Crippen molar-refractivity contribution >= 4 is 23.3 Å². The molecule has 1 saturated heterocycles. The van der Waals surface area contributed by atoms with E-state index in [0.717, 1.165) is 25.9 Å². The van der Waals surface area contributed by atoms with Crippen molar-refractivity contribution in [2.75, 3.05) is 20.2 Å². The van der Waals surface area contributed by atoms with Gasteiger partial charge in [-0.3, -0.25) is 24.8 Å². The van der Waals surface area contributed by atoms with E-state index in [1.807, 2.05) is 18.2 Å². The number of hydrogen-bond acceptors (Lipinski definition) is 8.